The fourth-order valence-electron chi connectivity index (χ4n) is 4.20. The molecule has 2 aliphatic carbocycles. The van der Waals surface area contributed by atoms with Crippen LogP contribution < -0.4 is 5.32 Å². The molecular formula is C16H31NOS. The van der Waals surface area contributed by atoms with Crippen molar-refractivity contribution in [2.75, 3.05) is 6.54 Å². The van der Waals surface area contributed by atoms with Gasteiger partial charge in [-0.3, -0.25) is 4.21 Å². The number of nitrogens with one attached hydrogen (secondary N) is 1. The van der Waals surface area contributed by atoms with Gasteiger partial charge in [0.15, 0.2) is 0 Å². The first-order valence-electron chi connectivity index (χ1n) is 8.26. The Kier molecular flexibility index (Phi) is 5.88. The molecule has 2 saturated carbocycles. The maximum absolute atomic E-state index is 13.0. The van der Waals surface area contributed by atoms with Crippen LogP contribution in [-0.2, 0) is 10.8 Å². The van der Waals surface area contributed by atoms with Gasteiger partial charge >= 0.3 is 0 Å². The van der Waals surface area contributed by atoms with E-state index in [1.807, 2.05) is 0 Å². The molecule has 0 aliphatic heterocycles. The van der Waals surface area contributed by atoms with Crippen molar-refractivity contribution < 1.29 is 4.21 Å². The fourth-order valence-corrected chi connectivity index (χ4v) is 6.54. The molecule has 5 atom stereocenters. The molecule has 0 spiro atoms. The molecular weight excluding hydrogens is 254 g/mol. The summed E-state index contributed by atoms with van der Waals surface area (Å²) in [6, 6.07) is 0.478. The van der Waals surface area contributed by atoms with Gasteiger partial charge in [-0.05, 0) is 44.1 Å². The predicted octanol–water partition coefficient (Wildman–Crippen LogP) is 3.48. The monoisotopic (exact) mass is 285 g/mol. The van der Waals surface area contributed by atoms with Gasteiger partial charge in [-0.1, -0.05) is 40.0 Å². The van der Waals surface area contributed by atoms with Crippen LogP contribution in [0.1, 0.15) is 65.7 Å². The zero-order valence-electron chi connectivity index (χ0n) is 12.9. The molecule has 0 saturated heterocycles. The summed E-state index contributed by atoms with van der Waals surface area (Å²) in [5.41, 5.74) is 0. The van der Waals surface area contributed by atoms with Gasteiger partial charge in [0.05, 0.1) is 5.25 Å². The molecule has 19 heavy (non-hydrogen) atoms. The third-order valence-electron chi connectivity index (χ3n) is 5.00. The summed E-state index contributed by atoms with van der Waals surface area (Å²) in [4.78, 5) is 0. The second kappa shape index (κ2) is 7.21. The van der Waals surface area contributed by atoms with Crippen molar-refractivity contribution in [1.29, 1.82) is 0 Å². The summed E-state index contributed by atoms with van der Waals surface area (Å²) >= 11 is 0. The first kappa shape index (κ1) is 15.5. The van der Waals surface area contributed by atoms with Crippen LogP contribution in [0.3, 0.4) is 0 Å². The van der Waals surface area contributed by atoms with E-state index in [0.29, 0.717) is 22.5 Å². The second-order valence-corrected chi connectivity index (χ2v) is 8.64. The Labute approximate surface area is 121 Å². The molecule has 1 N–H and O–H groups in total. The Morgan fingerprint density at radius 3 is 2.42 bits per heavy atom. The zero-order valence-corrected chi connectivity index (χ0v) is 13.7. The highest BCUT2D eigenvalue weighted by atomic mass is 32.2. The maximum Gasteiger partial charge on any atom is 0.0529 e. The molecule has 0 bridgehead atoms. The lowest BCUT2D eigenvalue weighted by Crippen LogP contribution is -2.52. The third kappa shape index (κ3) is 3.81. The summed E-state index contributed by atoms with van der Waals surface area (Å²) in [7, 11) is -0.632. The first-order chi connectivity index (χ1) is 9.13. The molecule has 5 unspecified atom stereocenters. The summed E-state index contributed by atoms with van der Waals surface area (Å²) in [5.74, 6) is 1.38. The Hall–Kier alpha value is 0.110. The molecule has 2 nitrogen and oxygen atoms in total. The van der Waals surface area contributed by atoms with Gasteiger partial charge in [-0.25, -0.2) is 0 Å². The van der Waals surface area contributed by atoms with Crippen LogP contribution >= 0.6 is 0 Å². The average Bonchev–Trinajstić information content (AvgIpc) is 2.39. The van der Waals surface area contributed by atoms with Crippen molar-refractivity contribution in [2.24, 2.45) is 11.8 Å². The van der Waals surface area contributed by atoms with E-state index in [1.165, 1.54) is 44.9 Å². The molecule has 0 amide bonds. The molecule has 2 fully saturated rings. The molecule has 3 heteroatoms. The summed E-state index contributed by atoms with van der Waals surface area (Å²) in [6.45, 7) is 7.85. The number of hydrogen-bond acceptors (Lipinski definition) is 2. The van der Waals surface area contributed by atoms with E-state index in [4.69, 9.17) is 0 Å². The smallest absolute Gasteiger partial charge is 0.0529 e. The largest absolute Gasteiger partial charge is 0.313 e. The Morgan fingerprint density at radius 1 is 1.11 bits per heavy atom. The first-order valence-corrected chi connectivity index (χ1v) is 9.53. The third-order valence-corrected chi connectivity index (χ3v) is 7.46. The molecule has 112 valence electrons. The predicted molar refractivity (Wildman–Crippen MR) is 83.8 cm³/mol. The molecule has 2 rings (SSSR count). The van der Waals surface area contributed by atoms with Crippen molar-refractivity contribution in [3.63, 3.8) is 0 Å². The number of hydrogen-bond donors (Lipinski definition) is 1. The summed E-state index contributed by atoms with van der Waals surface area (Å²) in [6.07, 6.45) is 8.79. The van der Waals surface area contributed by atoms with Crippen LogP contribution in [0.4, 0.5) is 0 Å². The lowest BCUT2D eigenvalue weighted by Gasteiger charge is -2.41. The van der Waals surface area contributed by atoms with E-state index in [-0.39, 0.29) is 0 Å². The van der Waals surface area contributed by atoms with Gasteiger partial charge in [0, 0.05) is 22.1 Å². The van der Waals surface area contributed by atoms with Crippen molar-refractivity contribution in [1.82, 2.24) is 5.32 Å². The molecule has 0 aromatic carbocycles. The van der Waals surface area contributed by atoms with Crippen LogP contribution in [0, 0.1) is 11.8 Å². The minimum absolute atomic E-state index is 0.388. The van der Waals surface area contributed by atoms with Gasteiger partial charge in [-0.2, -0.15) is 0 Å². The van der Waals surface area contributed by atoms with Crippen molar-refractivity contribution >= 4 is 10.8 Å². The fraction of sp³-hybridized carbons (Fsp3) is 1.00. The highest BCUT2D eigenvalue weighted by Crippen LogP contribution is 2.35. The van der Waals surface area contributed by atoms with Crippen LogP contribution in [0.25, 0.3) is 0 Å². The highest BCUT2D eigenvalue weighted by molar-refractivity contribution is 7.86. The van der Waals surface area contributed by atoms with E-state index in [0.717, 1.165) is 12.5 Å². The molecule has 2 aliphatic rings. The standard InChI is InChI=1S/C16H31NOS/c1-4-17-15-11-12(2)10-13(3)16(15)19(18)14-8-6-5-7-9-14/h12-17H,4-11H2,1-3H3. The van der Waals surface area contributed by atoms with Crippen molar-refractivity contribution in [3.05, 3.63) is 0 Å². The molecule has 0 aromatic heterocycles. The van der Waals surface area contributed by atoms with Crippen LogP contribution in [0.15, 0.2) is 0 Å². The van der Waals surface area contributed by atoms with Crippen LogP contribution in [0.5, 0.6) is 0 Å². The topological polar surface area (TPSA) is 29.1 Å². The molecule has 0 aromatic rings. The van der Waals surface area contributed by atoms with E-state index in [1.54, 1.807) is 0 Å². The van der Waals surface area contributed by atoms with Crippen LogP contribution in [-0.4, -0.2) is 27.3 Å². The van der Waals surface area contributed by atoms with E-state index < -0.39 is 10.8 Å². The van der Waals surface area contributed by atoms with Crippen molar-refractivity contribution in [2.45, 2.75) is 82.3 Å². The summed E-state index contributed by atoms with van der Waals surface area (Å²) < 4.78 is 13.0. The molecule has 0 heterocycles. The van der Waals surface area contributed by atoms with Gasteiger partial charge in [0.1, 0.15) is 0 Å². The Balaban J connectivity index is 2.06. The second-order valence-electron chi connectivity index (χ2n) is 6.77. The van der Waals surface area contributed by atoms with Crippen LogP contribution in [0.2, 0.25) is 0 Å². The average molecular weight is 285 g/mol. The Morgan fingerprint density at radius 2 is 1.79 bits per heavy atom. The van der Waals surface area contributed by atoms with E-state index in [9.17, 15) is 4.21 Å². The quantitative estimate of drug-likeness (QED) is 0.857. The highest BCUT2D eigenvalue weighted by Gasteiger charge is 2.39. The SMILES string of the molecule is CCNC1CC(C)CC(C)C1S(=O)C1CCCCC1. The zero-order chi connectivity index (χ0) is 13.8. The normalized spacial score (nSPS) is 39.1. The van der Waals surface area contributed by atoms with E-state index in [2.05, 4.69) is 26.1 Å². The van der Waals surface area contributed by atoms with Gasteiger partial charge in [0.2, 0.25) is 0 Å². The van der Waals surface area contributed by atoms with Gasteiger partial charge in [0.25, 0.3) is 0 Å². The summed E-state index contributed by atoms with van der Waals surface area (Å²) in [5, 5.41) is 4.49. The minimum Gasteiger partial charge on any atom is -0.313 e. The van der Waals surface area contributed by atoms with E-state index >= 15 is 0 Å². The van der Waals surface area contributed by atoms with Gasteiger partial charge < -0.3 is 5.32 Å². The molecule has 0 radical (unpaired) electrons. The lowest BCUT2D eigenvalue weighted by molar-refractivity contribution is 0.246. The Bertz CT molecular complexity index is 301. The van der Waals surface area contributed by atoms with Crippen molar-refractivity contribution in [3.8, 4) is 0 Å². The minimum atomic E-state index is -0.632. The van der Waals surface area contributed by atoms with Gasteiger partial charge in [-0.15, -0.1) is 0 Å². The lowest BCUT2D eigenvalue weighted by atomic mass is 9.80. The maximum atomic E-state index is 13.0. The number of rotatable bonds is 4.